The van der Waals surface area contributed by atoms with E-state index in [1.165, 1.54) is 30.3 Å². The predicted molar refractivity (Wildman–Crippen MR) is 114 cm³/mol. The second-order valence-electron chi connectivity index (χ2n) is 6.43. The van der Waals surface area contributed by atoms with Crippen molar-refractivity contribution in [1.29, 1.82) is 0 Å². The van der Waals surface area contributed by atoms with Crippen LogP contribution in [0.1, 0.15) is 28.4 Å². The number of carbonyl (C=O) groups is 1. The van der Waals surface area contributed by atoms with Crippen LogP contribution in [-0.2, 0) is 16.1 Å². The molecule has 0 fully saturated rings. The van der Waals surface area contributed by atoms with Crippen LogP contribution >= 0.6 is 11.3 Å². The molecule has 162 valence electrons. The molecular formula is C22H17FN2O5RfS-2. The zero-order chi connectivity index (χ0) is 22.5. The summed E-state index contributed by atoms with van der Waals surface area (Å²) in [5.41, 5.74) is 1.42. The molecule has 0 aliphatic heterocycles. The number of non-ortho nitro benzene ring substituents is 1. The summed E-state index contributed by atoms with van der Waals surface area (Å²) >= 11 is 1.12. The van der Waals surface area contributed by atoms with Crippen LogP contribution in [-0.4, -0.2) is 23.9 Å². The van der Waals surface area contributed by atoms with E-state index in [-0.39, 0.29) is 35.0 Å². The number of nitrogens with zero attached hydrogens (tertiary/aromatic N) is 2. The molecule has 7 nitrogen and oxygen atoms in total. The number of carbonyl (C=O) groups excluding carboxylic acids is 2. The summed E-state index contributed by atoms with van der Waals surface area (Å²) in [5.74, 6) is -1.17. The van der Waals surface area contributed by atoms with Gasteiger partial charge in [-0.1, -0.05) is 0 Å². The van der Waals surface area contributed by atoms with Gasteiger partial charge < -0.3 is 14.4 Å². The van der Waals surface area contributed by atoms with Gasteiger partial charge in [0.1, 0.15) is 0 Å². The van der Waals surface area contributed by atoms with Gasteiger partial charge in [0.15, 0.2) is 0 Å². The van der Waals surface area contributed by atoms with Gasteiger partial charge in [-0.3, -0.25) is 14.5 Å². The van der Waals surface area contributed by atoms with Crippen LogP contribution in [0.4, 0.5) is 15.1 Å². The summed E-state index contributed by atoms with van der Waals surface area (Å²) in [4.78, 5) is 36.6. The number of anilines is 1. The number of halogens is 1. The fourth-order valence-electron chi connectivity index (χ4n) is 3.02. The summed E-state index contributed by atoms with van der Waals surface area (Å²) in [6.45, 7) is 3.31. The van der Waals surface area contributed by atoms with Gasteiger partial charge in [0.2, 0.25) is 0 Å². The van der Waals surface area contributed by atoms with Crippen molar-refractivity contribution in [3.8, 4) is 10.4 Å². The number of hydrogen-bond donors (Lipinski definition) is 0. The van der Waals surface area contributed by atoms with Gasteiger partial charge in [0.25, 0.3) is 5.69 Å². The molecule has 0 radical (unpaired) electrons. The minimum Gasteiger partial charge on any atom is -0.466 e. The topological polar surface area (TPSA) is 89.8 Å². The number of nitro groups is 1. The van der Waals surface area contributed by atoms with Gasteiger partial charge in [-0.15, -0.1) is 11.6 Å². The minimum atomic E-state index is -0.628. The van der Waals surface area contributed by atoms with E-state index in [0.717, 1.165) is 16.2 Å². The standard InChI is InChI=1S/C22H17FN2O5S.Rf/c1-3-30-22(27)19-14(2)20(15-8-10-17(11-9-15)25(28)29)31-21(19)24(13-26)12-16-6-4-5-7-18(16)23;/h4-5,7-11H,3,12H2,1-2H3;/q-2;. The molecule has 0 N–H and O–H groups in total. The largest absolute Gasteiger partial charge is 0.466 e. The molecule has 0 saturated heterocycles. The molecule has 1 heterocycles. The fraction of sp³-hybridized carbons (Fsp3) is 0.182. The summed E-state index contributed by atoms with van der Waals surface area (Å²) in [6.07, 6.45) is 1.76. The van der Waals surface area contributed by atoms with E-state index < -0.39 is 16.7 Å². The van der Waals surface area contributed by atoms with Crippen molar-refractivity contribution in [2.45, 2.75) is 20.4 Å². The van der Waals surface area contributed by atoms with Crippen LogP contribution in [0.5, 0.6) is 0 Å². The van der Waals surface area contributed by atoms with E-state index in [0.29, 0.717) is 16.0 Å². The summed E-state index contributed by atoms with van der Waals surface area (Å²) in [6, 6.07) is 12.9. The van der Waals surface area contributed by atoms with E-state index in [2.05, 4.69) is 6.07 Å². The van der Waals surface area contributed by atoms with Crippen molar-refractivity contribution >= 4 is 34.4 Å². The molecule has 0 aliphatic rings. The third-order valence-corrected chi connectivity index (χ3v) is 5.87. The number of amides is 1. The van der Waals surface area contributed by atoms with Gasteiger partial charge in [0.05, 0.1) is 17.9 Å². The van der Waals surface area contributed by atoms with Crippen molar-refractivity contribution in [2.24, 2.45) is 0 Å². The number of hydrogen-bond acceptors (Lipinski definition) is 6. The van der Waals surface area contributed by atoms with Crippen LogP contribution in [0.2, 0.25) is 0 Å². The van der Waals surface area contributed by atoms with E-state index in [1.54, 1.807) is 32.4 Å². The van der Waals surface area contributed by atoms with Gasteiger partial charge in [0, 0.05) is 28.4 Å². The van der Waals surface area contributed by atoms with E-state index in [1.807, 2.05) is 0 Å². The summed E-state index contributed by atoms with van der Waals surface area (Å²) in [5, 5.41) is 11.2. The van der Waals surface area contributed by atoms with E-state index in [9.17, 15) is 24.1 Å². The molecule has 0 spiro atoms. The van der Waals surface area contributed by atoms with Crippen molar-refractivity contribution < 1.29 is 23.6 Å². The maximum Gasteiger partial charge on any atom is 0.323 e. The molecular weight excluding hydrogens is 690 g/mol. The second kappa shape index (κ2) is 9.94. The van der Waals surface area contributed by atoms with Crippen molar-refractivity contribution in [1.82, 2.24) is 0 Å². The monoisotopic (exact) mass is 707 g/mol. The maximum absolute atomic E-state index is 14.1. The number of rotatable bonds is 8. The van der Waals surface area contributed by atoms with Crippen LogP contribution < -0.4 is 4.90 Å². The summed E-state index contributed by atoms with van der Waals surface area (Å²) < 4.78 is 19.3. The Balaban J connectivity index is 0.00000363. The Morgan fingerprint density at radius 2 is 2.00 bits per heavy atom. The van der Waals surface area contributed by atoms with Gasteiger partial charge in [-0.25, -0.2) is 16.1 Å². The Kier molecular flexibility index (Phi) is 7.36. The smallest absolute Gasteiger partial charge is 0.323 e. The SMILES string of the molecule is CCOC(=O)c1c(N([C-]=O)Cc2[c-]cccc2F)sc(-c2ccc([N+](=O)[O-])cc2)c1C.[Rf]. The normalized spacial score (nSPS) is 10.2. The molecule has 0 atom stereocenters. The van der Waals surface area contributed by atoms with E-state index in [4.69, 9.17) is 4.74 Å². The third-order valence-electron chi connectivity index (χ3n) is 4.50. The zero-order valence-corrected chi connectivity index (χ0v) is 24.6. The average molecular weight is 707 g/mol. The molecule has 1 aromatic heterocycles. The molecule has 1 amide bonds. The molecule has 32 heavy (non-hydrogen) atoms. The number of nitro benzene ring substituents is 1. The minimum absolute atomic E-state index is 0. The van der Waals surface area contributed by atoms with Crippen LogP contribution in [0.25, 0.3) is 10.4 Å². The molecule has 0 unspecified atom stereocenters. The molecule has 0 saturated carbocycles. The average Bonchev–Trinajstić information content (AvgIpc) is 3.10. The summed E-state index contributed by atoms with van der Waals surface area (Å²) in [7, 11) is 0. The fourth-order valence-corrected chi connectivity index (χ4v) is 4.27. The zero-order valence-electron chi connectivity index (χ0n) is 17.4. The van der Waals surface area contributed by atoms with E-state index >= 15 is 0 Å². The first-order valence-electron chi connectivity index (χ1n) is 9.23. The Bertz CT molecular complexity index is 1130. The third kappa shape index (κ3) is 4.59. The Morgan fingerprint density at radius 3 is 2.56 bits per heavy atom. The van der Waals surface area contributed by atoms with Crippen molar-refractivity contribution in [3.05, 3.63) is 81.2 Å². The van der Waals surface area contributed by atoms with Crippen LogP contribution in [0.15, 0.2) is 42.5 Å². The first-order chi connectivity index (χ1) is 14.9. The first kappa shape index (κ1) is 23.7. The number of ether oxygens (including phenoxy) is 1. The predicted octanol–water partition coefficient (Wildman–Crippen LogP) is 4.82. The molecule has 3 aromatic rings. The van der Waals surface area contributed by atoms with Crippen molar-refractivity contribution in [2.75, 3.05) is 11.5 Å². The first-order valence-corrected chi connectivity index (χ1v) is 10.0. The molecule has 2 aromatic carbocycles. The van der Waals surface area contributed by atoms with Crippen LogP contribution in [0, 0.1) is 28.9 Å². The molecule has 3 rings (SSSR count). The van der Waals surface area contributed by atoms with Gasteiger partial charge in [-0.05, 0) is 48.7 Å². The maximum atomic E-state index is 14.1. The quantitative estimate of drug-likeness (QED) is 0.110. The molecule has 0 bridgehead atoms. The second-order valence-corrected chi connectivity index (χ2v) is 7.43. The molecule has 10 heteroatoms. The van der Waals surface area contributed by atoms with Crippen molar-refractivity contribution in [3.63, 3.8) is 0 Å². The number of benzene rings is 2. The number of esters is 1. The Labute approximate surface area is 181 Å². The number of thiophene rings is 1. The van der Waals surface area contributed by atoms with Gasteiger partial charge in [-0.2, -0.15) is 18.2 Å². The Morgan fingerprint density at radius 1 is 1.31 bits per heavy atom. The molecule has 0 aliphatic carbocycles. The van der Waals surface area contributed by atoms with Crippen LogP contribution in [0.3, 0.4) is 0 Å². The van der Waals surface area contributed by atoms with Gasteiger partial charge >= 0.3 is 5.97 Å². The Hall–Kier alpha value is -4.59.